The second-order valence-electron chi connectivity index (χ2n) is 11.3. The van der Waals surface area contributed by atoms with Crippen molar-refractivity contribution in [1.82, 2.24) is 5.32 Å². The molecule has 0 unspecified atom stereocenters. The van der Waals surface area contributed by atoms with E-state index >= 15 is 0 Å². The normalized spacial score (nSPS) is 12.9. The van der Waals surface area contributed by atoms with Crippen LogP contribution in [0.5, 0.6) is 5.75 Å². The third-order valence-electron chi connectivity index (χ3n) is 7.73. The third kappa shape index (κ3) is 13.5. The molecule has 3 N–H and O–H groups in total. The van der Waals surface area contributed by atoms with Crippen LogP contribution in [0.1, 0.15) is 140 Å². The lowest BCUT2D eigenvalue weighted by Crippen LogP contribution is -2.47. The number of ketones is 1. The number of amides is 1. The number of aliphatic hydroxyl groups is 1. The highest BCUT2D eigenvalue weighted by atomic mass is 16.3. The fourth-order valence-electron chi connectivity index (χ4n) is 5.25. The molecule has 39 heavy (non-hydrogen) atoms. The van der Waals surface area contributed by atoms with Crippen molar-refractivity contribution < 1.29 is 19.8 Å². The number of hydrogen-bond acceptors (Lipinski definition) is 4. The number of hydrogen-bond donors (Lipinski definition) is 3. The van der Waals surface area contributed by atoms with Crippen LogP contribution in [0.4, 0.5) is 0 Å². The first kappa shape index (κ1) is 32.8. The summed E-state index contributed by atoms with van der Waals surface area (Å²) >= 11 is 0. The van der Waals surface area contributed by atoms with Crippen molar-refractivity contribution in [2.24, 2.45) is 0 Å². The summed E-state index contributed by atoms with van der Waals surface area (Å²) in [6.07, 6.45) is 21.4. The van der Waals surface area contributed by atoms with E-state index < -0.39 is 12.1 Å². The zero-order valence-corrected chi connectivity index (χ0v) is 24.6. The molecule has 0 aliphatic carbocycles. The molecular weight excluding hydrogens is 486 g/mol. The number of Topliss-reactive ketones (excluding diaryl/α,β-unsaturated/α-hetero) is 1. The average Bonchev–Trinajstić information content (AvgIpc) is 2.92. The number of benzene rings is 2. The number of phenolic OH excluding ortho intramolecular Hbond substituents is 1. The van der Waals surface area contributed by atoms with E-state index in [2.05, 4.69) is 12.2 Å². The molecule has 0 bridgehead atoms. The molecule has 0 saturated heterocycles. The number of aromatic hydroxyl groups is 1. The molecular formula is C34H53NO4. The Morgan fingerprint density at radius 2 is 1.15 bits per heavy atom. The predicted molar refractivity (Wildman–Crippen MR) is 162 cm³/mol. The Hall–Kier alpha value is -2.40. The van der Waals surface area contributed by atoms with E-state index in [4.69, 9.17) is 0 Å². The van der Waals surface area contributed by atoms with Crippen LogP contribution >= 0.6 is 0 Å². The lowest BCUT2D eigenvalue weighted by atomic mass is 9.99. The molecule has 5 heteroatoms. The van der Waals surface area contributed by atoms with Gasteiger partial charge in [0.25, 0.3) is 5.91 Å². The fourth-order valence-corrected chi connectivity index (χ4v) is 5.25. The van der Waals surface area contributed by atoms with E-state index in [0.717, 1.165) is 30.0 Å². The second-order valence-corrected chi connectivity index (χ2v) is 11.3. The van der Waals surface area contributed by atoms with Gasteiger partial charge in [-0.3, -0.25) is 9.59 Å². The molecule has 0 heterocycles. The zero-order valence-electron chi connectivity index (χ0n) is 24.6. The van der Waals surface area contributed by atoms with Gasteiger partial charge in [-0.2, -0.15) is 0 Å². The molecule has 0 radical (unpaired) electrons. The molecule has 2 atom stereocenters. The number of rotatable bonds is 22. The number of phenols is 1. The topological polar surface area (TPSA) is 86.6 Å². The Morgan fingerprint density at radius 3 is 1.67 bits per heavy atom. The van der Waals surface area contributed by atoms with Crippen molar-refractivity contribution in [1.29, 1.82) is 0 Å². The first-order valence-corrected chi connectivity index (χ1v) is 15.7. The van der Waals surface area contributed by atoms with Gasteiger partial charge in [-0.05, 0) is 48.4 Å². The lowest BCUT2D eigenvalue weighted by molar-refractivity contribution is -0.123. The SMILES string of the molecule is CCCCCCCCCCCCCCCCCCCC(=O)[C@@H](NC(=O)c1ccc2cc(O)ccc2c1)[C@@H](C)O. The van der Waals surface area contributed by atoms with E-state index in [1.165, 1.54) is 89.9 Å². The second kappa shape index (κ2) is 19.6. The maximum absolute atomic E-state index is 12.8. The van der Waals surface area contributed by atoms with Gasteiger partial charge in [0.1, 0.15) is 11.8 Å². The largest absolute Gasteiger partial charge is 0.508 e. The molecule has 0 saturated carbocycles. The lowest BCUT2D eigenvalue weighted by Gasteiger charge is -2.20. The number of fused-ring (bicyclic) bond motifs is 1. The van der Waals surface area contributed by atoms with Crippen molar-refractivity contribution in [2.45, 2.75) is 142 Å². The minimum absolute atomic E-state index is 0.120. The standard InChI is InChI=1S/C34H53NO4/c1-3-4-5-6-7-8-9-10-11-12-13-14-15-16-17-18-19-20-32(38)33(27(2)36)35-34(39)30-22-21-29-26-31(37)24-23-28(29)25-30/h21-27,33,36-37H,3-20H2,1-2H3,(H,35,39)/t27-,33+/m1/s1. The molecule has 0 fully saturated rings. The van der Waals surface area contributed by atoms with Crippen LogP contribution in [-0.4, -0.2) is 34.0 Å². The van der Waals surface area contributed by atoms with Gasteiger partial charge in [0.15, 0.2) is 5.78 Å². The Labute approximate surface area is 236 Å². The van der Waals surface area contributed by atoms with Crippen LogP contribution in [0.3, 0.4) is 0 Å². The summed E-state index contributed by atoms with van der Waals surface area (Å²) < 4.78 is 0. The number of carbonyl (C=O) groups is 2. The third-order valence-corrected chi connectivity index (χ3v) is 7.73. The van der Waals surface area contributed by atoms with E-state index in [1.807, 2.05) is 0 Å². The van der Waals surface area contributed by atoms with Gasteiger partial charge in [0, 0.05) is 12.0 Å². The summed E-state index contributed by atoms with van der Waals surface area (Å²) in [6.45, 7) is 3.81. The summed E-state index contributed by atoms with van der Waals surface area (Å²) in [7, 11) is 0. The van der Waals surface area contributed by atoms with Crippen molar-refractivity contribution >= 4 is 22.5 Å². The highest BCUT2D eigenvalue weighted by Gasteiger charge is 2.25. The predicted octanol–water partition coefficient (Wildman–Crippen LogP) is 8.64. The van der Waals surface area contributed by atoms with E-state index in [-0.39, 0.29) is 17.4 Å². The highest BCUT2D eigenvalue weighted by molar-refractivity contribution is 6.01. The molecule has 0 spiro atoms. The average molecular weight is 540 g/mol. The molecule has 1 amide bonds. The fraction of sp³-hybridized carbons (Fsp3) is 0.647. The van der Waals surface area contributed by atoms with E-state index in [0.29, 0.717) is 12.0 Å². The highest BCUT2D eigenvalue weighted by Crippen LogP contribution is 2.21. The molecule has 2 aromatic carbocycles. The van der Waals surface area contributed by atoms with Crippen LogP contribution in [0, 0.1) is 0 Å². The van der Waals surface area contributed by atoms with Crippen LogP contribution < -0.4 is 5.32 Å². The van der Waals surface area contributed by atoms with Gasteiger partial charge < -0.3 is 15.5 Å². The number of unbranched alkanes of at least 4 members (excludes halogenated alkanes) is 16. The van der Waals surface area contributed by atoms with Crippen LogP contribution in [0.15, 0.2) is 36.4 Å². The quantitative estimate of drug-likeness (QED) is 0.131. The Balaban J connectivity index is 1.53. The first-order chi connectivity index (χ1) is 18.9. The molecule has 5 nitrogen and oxygen atoms in total. The van der Waals surface area contributed by atoms with Gasteiger partial charge in [-0.25, -0.2) is 0 Å². The minimum atomic E-state index is -0.954. The summed E-state index contributed by atoms with van der Waals surface area (Å²) in [4.78, 5) is 25.5. The molecule has 218 valence electrons. The van der Waals surface area contributed by atoms with Gasteiger partial charge >= 0.3 is 0 Å². The summed E-state index contributed by atoms with van der Waals surface area (Å²) in [6, 6.07) is 9.20. The number of nitrogens with one attached hydrogen (secondary N) is 1. The number of carbonyl (C=O) groups excluding carboxylic acids is 2. The Bertz CT molecular complexity index is 971. The van der Waals surface area contributed by atoms with Crippen molar-refractivity contribution in [3.63, 3.8) is 0 Å². The van der Waals surface area contributed by atoms with Crippen molar-refractivity contribution in [3.8, 4) is 5.75 Å². The van der Waals surface area contributed by atoms with Crippen LogP contribution in [0.25, 0.3) is 10.8 Å². The van der Waals surface area contributed by atoms with Crippen LogP contribution in [-0.2, 0) is 4.79 Å². The summed E-state index contributed by atoms with van der Waals surface area (Å²) in [5, 5.41) is 24.2. The van der Waals surface area contributed by atoms with Gasteiger partial charge in [0.2, 0.25) is 0 Å². The molecule has 2 aromatic rings. The van der Waals surface area contributed by atoms with E-state index in [1.54, 1.807) is 43.3 Å². The summed E-state index contributed by atoms with van der Waals surface area (Å²) in [5.74, 6) is -0.333. The maximum atomic E-state index is 12.8. The monoisotopic (exact) mass is 539 g/mol. The molecule has 0 aromatic heterocycles. The smallest absolute Gasteiger partial charge is 0.251 e. The number of aliphatic hydroxyl groups excluding tert-OH is 1. The maximum Gasteiger partial charge on any atom is 0.251 e. The van der Waals surface area contributed by atoms with Crippen LogP contribution in [0.2, 0.25) is 0 Å². The Kier molecular flexibility index (Phi) is 16.5. The van der Waals surface area contributed by atoms with Crippen molar-refractivity contribution in [2.75, 3.05) is 0 Å². The summed E-state index contributed by atoms with van der Waals surface area (Å²) in [5.41, 5.74) is 0.421. The van der Waals surface area contributed by atoms with Crippen molar-refractivity contribution in [3.05, 3.63) is 42.0 Å². The first-order valence-electron chi connectivity index (χ1n) is 15.7. The molecule has 2 rings (SSSR count). The van der Waals surface area contributed by atoms with E-state index in [9.17, 15) is 19.8 Å². The van der Waals surface area contributed by atoms with Gasteiger partial charge in [-0.15, -0.1) is 0 Å². The van der Waals surface area contributed by atoms with Gasteiger partial charge in [0.05, 0.1) is 6.10 Å². The minimum Gasteiger partial charge on any atom is -0.508 e. The molecule has 0 aliphatic heterocycles. The van der Waals surface area contributed by atoms with Gasteiger partial charge in [-0.1, -0.05) is 122 Å². The zero-order chi connectivity index (χ0) is 28.3. The molecule has 0 aliphatic rings. The Morgan fingerprint density at radius 1 is 0.692 bits per heavy atom.